The van der Waals surface area contributed by atoms with Gasteiger partial charge in [0, 0.05) is 18.0 Å². The smallest absolute Gasteiger partial charge is 0.167 e. The lowest BCUT2D eigenvalue weighted by Gasteiger charge is -2.17. The predicted octanol–water partition coefficient (Wildman–Crippen LogP) is 3.37. The van der Waals surface area contributed by atoms with Crippen LogP contribution in [-0.2, 0) is 6.42 Å². The average Bonchev–Trinajstić information content (AvgIpc) is 2.55. The molecule has 0 bridgehead atoms. The zero-order valence-electron chi connectivity index (χ0n) is 12.3. The van der Waals surface area contributed by atoms with Gasteiger partial charge in [0.05, 0.1) is 25.6 Å². The first kappa shape index (κ1) is 13.6. The Morgan fingerprint density at radius 2 is 1.90 bits per heavy atom. The monoisotopic (exact) mass is 282 g/mol. The van der Waals surface area contributed by atoms with Crippen molar-refractivity contribution in [3.8, 4) is 11.5 Å². The molecule has 1 heterocycles. The van der Waals surface area contributed by atoms with Crippen molar-refractivity contribution < 1.29 is 9.47 Å². The van der Waals surface area contributed by atoms with Crippen molar-refractivity contribution in [2.75, 3.05) is 14.2 Å². The van der Waals surface area contributed by atoms with Gasteiger partial charge in [0.25, 0.3) is 0 Å². The third kappa shape index (κ3) is 2.61. The molecular weight excluding hydrogens is 264 g/mol. The topological polar surface area (TPSA) is 44.2 Å². The van der Waals surface area contributed by atoms with E-state index in [1.807, 2.05) is 18.2 Å². The highest BCUT2D eigenvalue weighted by Gasteiger charge is 2.17. The number of rotatable bonds is 3. The van der Waals surface area contributed by atoms with Gasteiger partial charge < -0.3 is 9.47 Å². The summed E-state index contributed by atoms with van der Waals surface area (Å²) < 4.78 is 10.8. The first-order valence-electron chi connectivity index (χ1n) is 7.05. The number of aryl methyl sites for hydroxylation is 1. The number of ether oxygens (including phenoxy) is 2. The molecule has 1 aromatic heterocycles. The molecule has 1 aliphatic rings. The first-order chi connectivity index (χ1) is 10.3. The Kier molecular flexibility index (Phi) is 3.86. The quantitative estimate of drug-likeness (QED) is 0.865. The molecule has 0 fully saturated rings. The molecule has 1 aromatic carbocycles. The summed E-state index contributed by atoms with van der Waals surface area (Å²) in [4.78, 5) is 8.92. The molecule has 0 saturated heterocycles. The fourth-order valence-electron chi connectivity index (χ4n) is 2.74. The van der Waals surface area contributed by atoms with Crippen LogP contribution < -0.4 is 9.47 Å². The van der Waals surface area contributed by atoms with Crippen molar-refractivity contribution in [3.63, 3.8) is 0 Å². The number of hydrogen-bond acceptors (Lipinski definition) is 4. The number of hydrogen-bond donors (Lipinski definition) is 0. The number of aromatic nitrogens is 2. The van der Waals surface area contributed by atoms with E-state index in [2.05, 4.69) is 16.0 Å². The Bertz CT molecular complexity index is 680. The van der Waals surface area contributed by atoms with Gasteiger partial charge in [-0.3, -0.25) is 9.97 Å². The Morgan fingerprint density at radius 1 is 1.05 bits per heavy atom. The lowest BCUT2D eigenvalue weighted by molar-refractivity contribution is 0.354. The van der Waals surface area contributed by atoms with Crippen molar-refractivity contribution in [2.24, 2.45) is 0 Å². The van der Waals surface area contributed by atoms with Crippen LogP contribution in [0, 0.1) is 0 Å². The van der Waals surface area contributed by atoms with Crippen LogP contribution in [0.2, 0.25) is 0 Å². The molecule has 21 heavy (non-hydrogen) atoms. The van der Waals surface area contributed by atoms with Gasteiger partial charge >= 0.3 is 0 Å². The maximum atomic E-state index is 5.49. The number of methoxy groups -OCH3 is 2. The van der Waals surface area contributed by atoms with Gasteiger partial charge in [-0.1, -0.05) is 12.1 Å². The third-order valence-electron chi connectivity index (χ3n) is 3.70. The summed E-state index contributed by atoms with van der Waals surface area (Å²) in [6.45, 7) is 0. The van der Waals surface area contributed by atoms with Gasteiger partial charge in [-0.15, -0.1) is 0 Å². The Hall–Kier alpha value is -2.36. The fraction of sp³-hybridized carbons (Fsp3) is 0.294. The van der Waals surface area contributed by atoms with E-state index in [0.717, 1.165) is 47.7 Å². The summed E-state index contributed by atoms with van der Waals surface area (Å²) in [5.74, 6) is 1.49. The molecule has 0 amide bonds. The van der Waals surface area contributed by atoms with Crippen molar-refractivity contribution in [1.29, 1.82) is 0 Å². The van der Waals surface area contributed by atoms with Crippen LogP contribution in [0.1, 0.15) is 29.8 Å². The van der Waals surface area contributed by atoms with Gasteiger partial charge in [-0.05, 0) is 37.0 Å². The van der Waals surface area contributed by atoms with Crippen LogP contribution >= 0.6 is 0 Å². The van der Waals surface area contributed by atoms with Crippen LogP contribution in [-0.4, -0.2) is 24.2 Å². The second kappa shape index (κ2) is 5.95. The number of benzene rings is 1. The summed E-state index contributed by atoms with van der Waals surface area (Å²) in [5, 5.41) is 0. The first-order valence-corrected chi connectivity index (χ1v) is 7.05. The van der Waals surface area contributed by atoms with E-state index in [1.165, 1.54) is 5.57 Å². The van der Waals surface area contributed by atoms with Gasteiger partial charge in [0.1, 0.15) is 0 Å². The highest BCUT2D eigenvalue weighted by atomic mass is 16.5. The van der Waals surface area contributed by atoms with E-state index in [-0.39, 0.29) is 0 Å². The number of allylic oxidation sites excluding steroid dienone is 1. The molecule has 0 atom stereocenters. The Balaban J connectivity index is 2.08. The molecular formula is C17H18N2O2. The Morgan fingerprint density at radius 3 is 2.71 bits per heavy atom. The minimum absolute atomic E-state index is 0.738. The number of nitrogens with zero attached hydrogens (tertiary/aromatic N) is 2. The van der Waals surface area contributed by atoms with Crippen LogP contribution in [0.5, 0.6) is 11.5 Å². The van der Waals surface area contributed by atoms with E-state index in [9.17, 15) is 0 Å². The summed E-state index contributed by atoms with van der Waals surface area (Å²) in [7, 11) is 3.31. The van der Waals surface area contributed by atoms with Crippen LogP contribution in [0.3, 0.4) is 0 Å². The standard InChI is InChI=1S/C17H18N2O2/c1-20-15-8-4-6-13(17(15)21-2)11-12-5-3-7-14-16(12)19-10-9-18-14/h4,6,8-11H,3,5,7H2,1-2H3/b12-11+. The maximum absolute atomic E-state index is 5.49. The summed E-state index contributed by atoms with van der Waals surface area (Å²) in [5.41, 5.74) is 4.30. The van der Waals surface area contributed by atoms with E-state index >= 15 is 0 Å². The SMILES string of the molecule is COc1cccc(/C=C2\CCCc3nccnc32)c1OC. The van der Waals surface area contributed by atoms with Gasteiger partial charge in [0.2, 0.25) is 0 Å². The largest absolute Gasteiger partial charge is 0.493 e. The fourth-order valence-corrected chi connectivity index (χ4v) is 2.74. The van der Waals surface area contributed by atoms with Crippen molar-refractivity contribution in [2.45, 2.75) is 19.3 Å². The zero-order valence-corrected chi connectivity index (χ0v) is 12.3. The van der Waals surface area contributed by atoms with Crippen LogP contribution in [0.15, 0.2) is 30.6 Å². The molecule has 3 rings (SSSR count). The third-order valence-corrected chi connectivity index (χ3v) is 3.70. The van der Waals surface area contributed by atoms with Crippen molar-refractivity contribution in [1.82, 2.24) is 9.97 Å². The molecule has 1 aliphatic carbocycles. The van der Waals surface area contributed by atoms with E-state index < -0.39 is 0 Å². The van der Waals surface area contributed by atoms with Crippen LogP contribution in [0.4, 0.5) is 0 Å². The molecule has 0 N–H and O–H groups in total. The highest BCUT2D eigenvalue weighted by molar-refractivity contribution is 5.83. The van der Waals surface area contributed by atoms with Crippen LogP contribution in [0.25, 0.3) is 11.6 Å². The predicted molar refractivity (Wildman–Crippen MR) is 82.4 cm³/mol. The van der Waals surface area contributed by atoms with E-state index in [4.69, 9.17) is 9.47 Å². The zero-order chi connectivity index (χ0) is 14.7. The summed E-state index contributed by atoms with van der Waals surface area (Å²) >= 11 is 0. The average molecular weight is 282 g/mol. The lowest BCUT2D eigenvalue weighted by Crippen LogP contribution is -2.06. The second-order valence-corrected chi connectivity index (χ2v) is 4.96. The molecule has 4 nitrogen and oxygen atoms in total. The maximum Gasteiger partial charge on any atom is 0.167 e. The normalized spacial score (nSPS) is 15.6. The lowest BCUT2D eigenvalue weighted by atomic mass is 9.93. The van der Waals surface area contributed by atoms with E-state index in [0.29, 0.717) is 0 Å². The van der Waals surface area contributed by atoms with Crippen molar-refractivity contribution in [3.05, 3.63) is 47.5 Å². The molecule has 0 radical (unpaired) electrons. The molecule has 0 unspecified atom stereocenters. The molecule has 108 valence electrons. The molecule has 0 aliphatic heterocycles. The van der Waals surface area contributed by atoms with Gasteiger partial charge in [-0.2, -0.15) is 0 Å². The molecule has 2 aromatic rings. The highest BCUT2D eigenvalue weighted by Crippen LogP contribution is 2.35. The molecule has 4 heteroatoms. The summed E-state index contributed by atoms with van der Waals surface area (Å²) in [6, 6.07) is 5.89. The number of para-hydroxylation sites is 1. The second-order valence-electron chi connectivity index (χ2n) is 4.96. The van der Waals surface area contributed by atoms with E-state index in [1.54, 1.807) is 26.6 Å². The van der Waals surface area contributed by atoms with Gasteiger partial charge in [-0.25, -0.2) is 0 Å². The minimum atomic E-state index is 0.738. The molecule has 0 saturated carbocycles. The van der Waals surface area contributed by atoms with Gasteiger partial charge in [0.15, 0.2) is 11.5 Å². The van der Waals surface area contributed by atoms with Crippen molar-refractivity contribution >= 4 is 11.6 Å². The Labute approximate surface area is 124 Å². The molecule has 0 spiro atoms. The minimum Gasteiger partial charge on any atom is -0.493 e. The number of fused-ring (bicyclic) bond motifs is 1. The summed E-state index contributed by atoms with van der Waals surface area (Å²) in [6.07, 6.45) is 8.74.